The summed E-state index contributed by atoms with van der Waals surface area (Å²) < 4.78 is 0. The minimum absolute atomic E-state index is 0.785. The summed E-state index contributed by atoms with van der Waals surface area (Å²) >= 11 is 0. The van der Waals surface area contributed by atoms with Crippen molar-refractivity contribution >= 4 is 0 Å². The van der Waals surface area contributed by atoms with Crippen LogP contribution in [0.1, 0.15) is 239 Å². The summed E-state index contributed by atoms with van der Waals surface area (Å²) in [4.78, 5) is 5.85. The van der Waals surface area contributed by atoms with Gasteiger partial charge in [-0.3, -0.25) is 0 Å². The monoisotopic (exact) mass is 721 g/mol. The maximum absolute atomic E-state index is 5.85. The summed E-state index contributed by atoms with van der Waals surface area (Å²) in [6.45, 7) is 17.3. The van der Waals surface area contributed by atoms with Crippen molar-refractivity contribution in [3.8, 4) is 0 Å². The fourth-order valence-corrected chi connectivity index (χ4v) is 7.14. The van der Waals surface area contributed by atoms with Crippen molar-refractivity contribution in [2.75, 3.05) is 46.4 Å². The summed E-state index contributed by atoms with van der Waals surface area (Å²) in [6.07, 6.45) is 46.6. The van der Waals surface area contributed by atoms with Gasteiger partial charge in [-0.05, 0) is 25.7 Å². The maximum Gasteiger partial charge on any atom is 0.0694 e. The molecule has 0 amide bonds. The Morgan fingerprint density at radius 2 is 0.784 bits per heavy atom. The Balaban J connectivity index is 4.17. The van der Waals surface area contributed by atoms with E-state index in [1.807, 2.05) is 0 Å². The second-order valence-electron chi connectivity index (χ2n) is 16.0. The zero-order chi connectivity index (χ0) is 37.1. The van der Waals surface area contributed by atoms with Crippen LogP contribution in [0.2, 0.25) is 0 Å². The number of hydrogen-bond acceptors (Lipinski definition) is 5. The number of nitrogens with zero attached hydrogens (tertiary/aromatic N) is 2. The van der Waals surface area contributed by atoms with E-state index in [9.17, 15) is 0 Å². The van der Waals surface area contributed by atoms with Gasteiger partial charge in [0.1, 0.15) is 0 Å². The van der Waals surface area contributed by atoms with Gasteiger partial charge in [-0.25, -0.2) is 15.5 Å². The summed E-state index contributed by atoms with van der Waals surface area (Å²) in [6, 6.07) is 0. The molecule has 0 aromatic heterocycles. The molecule has 2 N–H and O–H groups in total. The van der Waals surface area contributed by atoms with Crippen molar-refractivity contribution in [3.63, 3.8) is 0 Å². The highest BCUT2D eigenvalue weighted by molar-refractivity contribution is 4.91. The fourth-order valence-electron chi connectivity index (χ4n) is 7.14. The summed E-state index contributed by atoms with van der Waals surface area (Å²) in [5.41, 5.74) is 4.44. The van der Waals surface area contributed by atoms with Crippen molar-refractivity contribution in [2.24, 2.45) is 0 Å². The predicted molar refractivity (Wildman–Crippen MR) is 229 cm³/mol. The SMILES string of the molecule is C=C(CCN(C)N(CCCCCCCCCCCCCC)CCCONCCCCCCCCCCCC)NCCCCCCCCCCCC. The average molecular weight is 721 g/mol. The largest absolute Gasteiger partial charge is 0.389 e. The molecular formula is C46H96N4O. The van der Waals surface area contributed by atoms with E-state index < -0.39 is 0 Å². The number of rotatable bonds is 45. The van der Waals surface area contributed by atoms with Crippen LogP contribution in [0.5, 0.6) is 0 Å². The summed E-state index contributed by atoms with van der Waals surface area (Å²) in [7, 11) is 2.28. The molecule has 0 unspecified atom stereocenters. The first-order valence-electron chi connectivity index (χ1n) is 23.4. The van der Waals surface area contributed by atoms with Gasteiger partial charge in [0.15, 0.2) is 0 Å². The van der Waals surface area contributed by atoms with Gasteiger partial charge in [-0.15, -0.1) is 0 Å². The van der Waals surface area contributed by atoms with Crippen molar-refractivity contribution in [2.45, 2.75) is 239 Å². The summed E-state index contributed by atoms with van der Waals surface area (Å²) in [5, 5.41) is 8.67. The molecule has 0 heterocycles. The number of hydrogen-bond donors (Lipinski definition) is 2. The lowest BCUT2D eigenvalue weighted by Gasteiger charge is -2.32. The Labute approximate surface area is 322 Å². The van der Waals surface area contributed by atoms with Crippen LogP contribution in [0.25, 0.3) is 0 Å². The molecule has 0 aliphatic carbocycles. The van der Waals surface area contributed by atoms with Crippen LogP contribution in [0, 0.1) is 0 Å². The first-order chi connectivity index (χ1) is 25.2. The van der Waals surface area contributed by atoms with Crippen LogP contribution in [0.4, 0.5) is 0 Å². The van der Waals surface area contributed by atoms with E-state index in [2.05, 4.69) is 55.2 Å². The van der Waals surface area contributed by atoms with Crippen LogP contribution < -0.4 is 10.8 Å². The van der Waals surface area contributed by atoms with Crippen molar-refractivity contribution in [1.29, 1.82) is 0 Å². The lowest BCUT2D eigenvalue weighted by atomic mass is 10.1. The third kappa shape index (κ3) is 40.4. The molecule has 0 aromatic carbocycles. The second kappa shape index (κ2) is 43.8. The molecule has 0 fully saturated rings. The quantitative estimate of drug-likeness (QED) is 0.0484. The Kier molecular flexibility index (Phi) is 43.2. The molecule has 0 aliphatic heterocycles. The normalized spacial score (nSPS) is 11.7. The minimum Gasteiger partial charge on any atom is -0.389 e. The summed E-state index contributed by atoms with van der Waals surface area (Å²) in [5.74, 6) is 0. The van der Waals surface area contributed by atoms with Crippen molar-refractivity contribution < 1.29 is 4.84 Å². The Bertz CT molecular complexity index is 659. The van der Waals surface area contributed by atoms with E-state index in [4.69, 9.17) is 4.84 Å². The van der Waals surface area contributed by atoms with Crippen LogP contribution in [-0.2, 0) is 4.84 Å². The van der Waals surface area contributed by atoms with Crippen LogP contribution in [-0.4, -0.2) is 56.4 Å². The molecule has 0 rings (SSSR count). The molecule has 0 aromatic rings. The zero-order valence-corrected chi connectivity index (χ0v) is 35.8. The number of nitrogens with one attached hydrogen (secondary N) is 2. The smallest absolute Gasteiger partial charge is 0.0694 e. The molecule has 0 radical (unpaired) electrons. The standard InChI is InChI=1S/C46H96N4O/c1-6-9-12-15-18-21-24-25-28-31-34-37-42-50(43-38-45-51-48-41-36-33-30-27-23-20-17-14-11-8-3)49(5)44-39-46(4)47-40-35-32-29-26-22-19-16-13-10-7-2/h47-48H,4,6-45H2,1-3,5H3. The predicted octanol–water partition coefficient (Wildman–Crippen LogP) is 14.1. The molecule has 0 bridgehead atoms. The van der Waals surface area contributed by atoms with Gasteiger partial charge in [0.25, 0.3) is 0 Å². The lowest BCUT2D eigenvalue weighted by Crippen LogP contribution is -2.42. The van der Waals surface area contributed by atoms with Gasteiger partial charge in [0, 0.05) is 51.9 Å². The van der Waals surface area contributed by atoms with E-state index in [0.29, 0.717) is 0 Å². The Morgan fingerprint density at radius 1 is 0.431 bits per heavy atom. The molecule has 51 heavy (non-hydrogen) atoms. The molecule has 0 spiro atoms. The van der Waals surface area contributed by atoms with Crippen LogP contribution >= 0.6 is 0 Å². The van der Waals surface area contributed by atoms with Gasteiger partial charge < -0.3 is 10.2 Å². The number of unbranched alkanes of at least 4 members (excludes halogenated alkanes) is 29. The Hall–Kier alpha value is -0.620. The molecule has 0 aliphatic rings. The van der Waals surface area contributed by atoms with Gasteiger partial charge >= 0.3 is 0 Å². The highest BCUT2D eigenvalue weighted by Crippen LogP contribution is 2.14. The zero-order valence-electron chi connectivity index (χ0n) is 35.8. The van der Waals surface area contributed by atoms with Crippen LogP contribution in [0.3, 0.4) is 0 Å². The second-order valence-corrected chi connectivity index (χ2v) is 16.0. The third-order valence-corrected chi connectivity index (χ3v) is 10.8. The fraction of sp³-hybridized carbons (Fsp3) is 0.957. The number of hydroxylamine groups is 1. The first-order valence-corrected chi connectivity index (χ1v) is 23.4. The van der Waals surface area contributed by atoms with Gasteiger partial charge in [-0.2, -0.15) is 0 Å². The van der Waals surface area contributed by atoms with Crippen molar-refractivity contribution in [3.05, 3.63) is 12.3 Å². The Morgan fingerprint density at radius 3 is 1.22 bits per heavy atom. The van der Waals surface area contributed by atoms with Gasteiger partial charge in [0.2, 0.25) is 0 Å². The van der Waals surface area contributed by atoms with Gasteiger partial charge in [0.05, 0.1) is 6.61 Å². The molecule has 306 valence electrons. The topological polar surface area (TPSA) is 39.8 Å². The van der Waals surface area contributed by atoms with E-state index in [0.717, 1.165) is 52.2 Å². The molecule has 5 heteroatoms. The maximum atomic E-state index is 5.85. The average Bonchev–Trinajstić information content (AvgIpc) is 3.13. The molecular weight excluding hydrogens is 625 g/mol. The number of hydrazine groups is 1. The highest BCUT2D eigenvalue weighted by Gasteiger charge is 2.11. The van der Waals surface area contributed by atoms with Crippen molar-refractivity contribution in [1.82, 2.24) is 20.8 Å². The third-order valence-electron chi connectivity index (χ3n) is 10.8. The first kappa shape index (κ1) is 50.4. The van der Waals surface area contributed by atoms with Crippen LogP contribution in [0.15, 0.2) is 12.3 Å². The van der Waals surface area contributed by atoms with E-state index in [1.165, 1.54) is 211 Å². The molecule has 0 atom stereocenters. The van der Waals surface area contributed by atoms with E-state index >= 15 is 0 Å². The lowest BCUT2D eigenvalue weighted by molar-refractivity contribution is -0.0194. The molecule has 5 nitrogen and oxygen atoms in total. The minimum atomic E-state index is 0.785. The molecule has 0 saturated carbocycles. The molecule has 0 saturated heterocycles. The van der Waals surface area contributed by atoms with Gasteiger partial charge in [-0.1, -0.05) is 214 Å². The highest BCUT2D eigenvalue weighted by atomic mass is 16.6. The van der Waals surface area contributed by atoms with E-state index in [1.54, 1.807) is 0 Å². The van der Waals surface area contributed by atoms with E-state index in [-0.39, 0.29) is 0 Å².